The summed E-state index contributed by atoms with van der Waals surface area (Å²) in [5.41, 5.74) is 3.87. The molecule has 0 saturated heterocycles. The molecule has 3 N–H and O–H groups in total. The molecule has 0 aromatic carbocycles. The summed E-state index contributed by atoms with van der Waals surface area (Å²) < 4.78 is 5.39. The monoisotopic (exact) mass is 240 g/mol. The van der Waals surface area contributed by atoms with Gasteiger partial charge in [-0.1, -0.05) is 0 Å². The molecule has 0 fully saturated rings. The molecule has 0 unspecified atom stereocenters. The molecule has 1 rings (SSSR count). The molecule has 0 aliphatic heterocycles. The molecule has 17 heavy (non-hydrogen) atoms. The lowest BCUT2D eigenvalue weighted by Crippen LogP contribution is -2.33. The van der Waals surface area contributed by atoms with E-state index in [0.29, 0.717) is 0 Å². The number of ether oxygens (including phenoxy) is 1. The molecule has 0 aliphatic carbocycles. The number of aromatic amines is 1. The molecule has 0 amide bonds. The molecule has 0 aliphatic rings. The van der Waals surface area contributed by atoms with Crippen molar-refractivity contribution in [3.63, 3.8) is 0 Å². The third-order valence-electron chi connectivity index (χ3n) is 1.89. The van der Waals surface area contributed by atoms with Crippen LogP contribution < -0.4 is 17.0 Å². The molecule has 92 valence electrons. The molecule has 1 aromatic rings. The van der Waals surface area contributed by atoms with Gasteiger partial charge >= 0.3 is 11.7 Å². The minimum absolute atomic E-state index is 0.196. The van der Waals surface area contributed by atoms with E-state index in [2.05, 4.69) is 14.7 Å². The highest BCUT2D eigenvalue weighted by atomic mass is 16.5. The number of nitrogens with zero attached hydrogens (tertiary/aromatic N) is 2. The van der Waals surface area contributed by atoms with Gasteiger partial charge in [-0.2, -0.15) is 0 Å². The summed E-state index contributed by atoms with van der Waals surface area (Å²) in [6, 6.07) is 0. The maximum Gasteiger partial charge on any atom is 0.349 e. The first-order valence-electron chi connectivity index (χ1n) is 4.77. The van der Waals surface area contributed by atoms with Crippen molar-refractivity contribution in [3.05, 3.63) is 20.8 Å². The summed E-state index contributed by atoms with van der Waals surface area (Å²) in [5.74, 6) is -0.890. The fourth-order valence-electron chi connectivity index (χ4n) is 1.05. The van der Waals surface area contributed by atoms with Gasteiger partial charge in [-0.05, 0) is 6.92 Å². The lowest BCUT2D eigenvalue weighted by molar-refractivity contribution is -0.134. The number of nitrogen functional groups attached to an aromatic ring is 1. The maximum absolute atomic E-state index is 11.6. The fraction of sp³-hybridized carbons (Fsp3) is 0.333. The van der Waals surface area contributed by atoms with Gasteiger partial charge in [-0.25, -0.2) is 14.6 Å². The Morgan fingerprint density at radius 1 is 1.59 bits per heavy atom. The third kappa shape index (κ3) is 2.80. The Morgan fingerprint density at radius 3 is 2.82 bits per heavy atom. The van der Waals surface area contributed by atoms with Gasteiger partial charge in [0.15, 0.2) is 5.69 Å². The second-order valence-corrected chi connectivity index (χ2v) is 3.07. The van der Waals surface area contributed by atoms with Crippen LogP contribution in [0.2, 0.25) is 0 Å². The standard InChI is InChI=1S/C9H12N4O4/c1-3-17-5(14)4-11-6-7(10)12-9(16)13(2)8(6)15/h4H,3,10H2,1-2H3,(H,12,16). The lowest BCUT2D eigenvalue weighted by Gasteiger charge is -2.01. The predicted octanol–water partition coefficient (Wildman–Crippen LogP) is -1.08. The van der Waals surface area contributed by atoms with Crippen LogP contribution in [0, 0.1) is 0 Å². The van der Waals surface area contributed by atoms with E-state index in [1.165, 1.54) is 7.05 Å². The number of carbonyl (C=O) groups excluding carboxylic acids is 1. The highest BCUT2D eigenvalue weighted by Gasteiger charge is 2.08. The van der Waals surface area contributed by atoms with E-state index in [1.807, 2.05) is 0 Å². The summed E-state index contributed by atoms with van der Waals surface area (Å²) in [4.78, 5) is 39.5. The maximum atomic E-state index is 11.6. The number of anilines is 1. The summed E-state index contributed by atoms with van der Waals surface area (Å²) in [6.45, 7) is 1.84. The van der Waals surface area contributed by atoms with Crippen molar-refractivity contribution in [2.45, 2.75) is 6.92 Å². The van der Waals surface area contributed by atoms with Crippen LogP contribution >= 0.6 is 0 Å². The third-order valence-corrected chi connectivity index (χ3v) is 1.89. The van der Waals surface area contributed by atoms with E-state index in [0.717, 1.165) is 10.8 Å². The van der Waals surface area contributed by atoms with Gasteiger partial charge in [-0.3, -0.25) is 14.3 Å². The van der Waals surface area contributed by atoms with Crippen molar-refractivity contribution in [2.75, 3.05) is 12.3 Å². The Morgan fingerprint density at radius 2 is 2.24 bits per heavy atom. The minimum Gasteiger partial charge on any atom is -0.462 e. The van der Waals surface area contributed by atoms with Crippen LogP contribution in [0.4, 0.5) is 11.5 Å². The van der Waals surface area contributed by atoms with E-state index >= 15 is 0 Å². The molecular formula is C9H12N4O4. The van der Waals surface area contributed by atoms with E-state index in [4.69, 9.17) is 5.73 Å². The summed E-state index contributed by atoms with van der Waals surface area (Å²) in [7, 11) is 1.27. The molecule has 0 spiro atoms. The number of hydrogen-bond donors (Lipinski definition) is 2. The zero-order valence-electron chi connectivity index (χ0n) is 9.39. The van der Waals surface area contributed by atoms with E-state index in [-0.39, 0.29) is 18.1 Å². The molecule has 0 atom stereocenters. The number of nitrogens with one attached hydrogen (secondary N) is 1. The van der Waals surface area contributed by atoms with Crippen molar-refractivity contribution < 1.29 is 9.53 Å². The van der Waals surface area contributed by atoms with Crippen LogP contribution in [-0.4, -0.2) is 28.3 Å². The first-order chi connectivity index (χ1) is 7.97. The first-order valence-corrected chi connectivity index (χ1v) is 4.77. The number of hydrogen-bond acceptors (Lipinski definition) is 6. The summed E-state index contributed by atoms with van der Waals surface area (Å²) in [5, 5.41) is 0. The van der Waals surface area contributed by atoms with Crippen molar-refractivity contribution in [1.82, 2.24) is 9.55 Å². The molecule has 1 heterocycles. The Bertz CT molecular complexity index is 569. The van der Waals surface area contributed by atoms with Crippen LogP contribution in [0.3, 0.4) is 0 Å². The topological polar surface area (TPSA) is 120 Å². The van der Waals surface area contributed by atoms with Crippen LogP contribution in [0.15, 0.2) is 14.6 Å². The number of rotatable bonds is 3. The SMILES string of the molecule is CCOC(=O)C=Nc1c(N)[nH]c(=O)n(C)c1=O. The van der Waals surface area contributed by atoms with E-state index in [1.54, 1.807) is 6.92 Å². The quantitative estimate of drug-likeness (QED) is 0.514. The Labute approximate surface area is 95.7 Å². The summed E-state index contributed by atoms with van der Waals surface area (Å²) >= 11 is 0. The molecule has 0 saturated carbocycles. The lowest BCUT2D eigenvalue weighted by atomic mass is 10.4. The predicted molar refractivity (Wildman–Crippen MR) is 61.5 cm³/mol. The fourth-order valence-corrected chi connectivity index (χ4v) is 1.05. The van der Waals surface area contributed by atoms with Gasteiger partial charge in [0, 0.05) is 7.05 Å². The Hall–Kier alpha value is -2.38. The zero-order chi connectivity index (χ0) is 13.0. The van der Waals surface area contributed by atoms with Gasteiger partial charge in [0.2, 0.25) is 0 Å². The highest BCUT2D eigenvalue weighted by Crippen LogP contribution is 2.09. The first kappa shape index (κ1) is 12.7. The average Bonchev–Trinajstić information content (AvgIpc) is 2.26. The molecule has 8 nitrogen and oxygen atoms in total. The largest absolute Gasteiger partial charge is 0.462 e. The summed E-state index contributed by atoms with van der Waals surface area (Å²) in [6.07, 6.45) is 0.828. The number of esters is 1. The number of aromatic nitrogens is 2. The smallest absolute Gasteiger partial charge is 0.349 e. The van der Waals surface area contributed by atoms with E-state index in [9.17, 15) is 14.4 Å². The Kier molecular flexibility index (Phi) is 3.81. The molecule has 1 aromatic heterocycles. The molecule has 8 heteroatoms. The van der Waals surface area contributed by atoms with E-state index < -0.39 is 17.2 Å². The average molecular weight is 240 g/mol. The van der Waals surface area contributed by atoms with Crippen molar-refractivity contribution >= 4 is 23.7 Å². The van der Waals surface area contributed by atoms with Crippen molar-refractivity contribution in [2.24, 2.45) is 12.0 Å². The molecular weight excluding hydrogens is 228 g/mol. The van der Waals surface area contributed by atoms with Gasteiger partial charge in [0.25, 0.3) is 5.56 Å². The van der Waals surface area contributed by atoms with Crippen LogP contribution in [0.5, 0.6) is 0 Å². The highest BCUT2D eigenvalue weighted by molar-refractivity contribution is 6.23. The minimum atomic E-state index is -0.694. The van der Waals surface area contributed by atoms with Gasteiger partial charge in [0.05, 0.1) is 6.61 Å². The Balaban J connectivity index is 3.16. The van der Waals surface area contributed by atoms with Crippen LogP contribution in [0.1, 0.15) is 6.92 Å². The normalized spacial score (nSPS) is 10.7. The molecule has 0 radical (unpaired) electrons. The second-order valence-electron chi connectivity index (χ2n) is 3.07. The van der Waals surface area contributed by atoms with Crippen molar-refractivity contribution in [3.8, 4) is 0 Å². The van der Waals surface area contributed by atoms with Crippen LogP contribution in [-0.2, 0) is 16.6 Å². The van der Waals surface area contributed by atoms with Crippen molar-refractivity contribution in [1.29, 1.82) is 0 Å². The van der Waals surface area contributed by atoms with Crippen LogP contribution in [0.25, 0.3) is 0 Å². The second kappa shape index (κ2) is 5.10. The van der Waals surface area contributed by atoms with Gasteiger partial charge in [-0.15, -0.1) is 0 Å². The molecule has 0 bridgehead atoms. The number of aliphatic imine (C=N–C) groups is 1. The zero-order valence-corrected chi connectivity index (χ0v) is 9.39. The van der Waals surface area contributed by atoms with Gasteiger partial charge in [0.1, 0.15) is 12.0 Å². The number of H-pyrrole nitrogens is 1. The number of carbonyl (C=O) groups is 1. The number of nitrogens with two attached hydrogens (primary N) is 1. The van der Waals surface area contributed by atoms with Gasteiger partial charge < -0.3 is 10.5 Å².